The highest BCUT2D eigenvalue weighted by atomic mass is 79.9. The Morgan fingerprint density at radius 1 is 1.03 bits per heavy atom. The van der Waals surface area contributed by atoms with Crippen molar-refractivity contribution in [1.29, 1.82) is 0 Å². The van der Waals surface area contributed by atoms with E-state index in [2.05, 4.69) is 26.6 Å². The second kappa shape index (κ2) is 10.9. The van der Waals surface area contributed by atoms with Crippen LogP contribution in [0.5, 0.6) is 0 Å². The standard InChI is InChI=1S/C21H24BrN3O5S/c22-17-8-10-18(11-9-17)31(28,29)25-13-14-30-19(25)15-24-21(27)20(26)23-12-4-7-16-5-2-1-3-6-16/h1-3,5-6,8-11,19H,4,7,12-15H2,(H,23,26)(H,24,27). The second-order valence-corrected chi connectivity index (χ2v) is 9.76. The average Bonchev–Trinajstić information content (AvgIpc) is 3.25. The number of nitrogens with one attached hydrogen (secondary N) is 2. The Labute approximate surface area is 190 Å². The summed E-state index contributed by atoms with van der Waals surface area (Å²) in [4.78, 5) is 24.2. The number of ether oxygens (including phenoxy) is 1. The zero-order valence-electron chi connectivity index (χ0n) is 16.8. The molecular weight excluding hydrogens is 486 g/mol. The summed E-state index contributed by atoms with van der Waals surface area (Å²) in [6.07, 6.45) is 0.624. The topological polar surface area (TPSA) is 105 Å². The van der Waals surface area contributed by atoms with Gasteiger partial charge in [-0.2, -0.15) is 4.31 Å². The molecule has 1 atom stereocenters. The maximum absolute atomic E-state index is 12.9. The molecule has 2 aromatic rings. The van der Waals surface area contributed by atoms with Crippen molar-refractivity contribution in [2.24, 2.45) is 0 Å². The van der Waals surface area contributed by atoms with Crippen LogP contribution in [-0.2, 0) is 30.8 Å². The Morgan fingerprint density at radius 2 is 1.71 bits per heavy atom. The average molecular weight is 510 g/mol. The third-order valence-electron chi connectivity index (χ3n) is 4.78. The van der Waals surface area contributed by atoms with Crippen LogP contribution in [0.15, 0.2) is 64.0 Å². The molecule has 2 N–H and O–H groups in total. The number of halogens is 1. The summed E-state index contributed by atoms with van der Waals surface area (Å²) in [6.45, 7) is 0.629. The van der Waals surface area contributed by atoms with Gasteiger partial charge in [0.05, 0.1) is 18.0 Å². The highest BCUT2D eigenvalue weighted by Gasteiger charge is 2.36. The second-order valence-electron chi connectivity index (χ2n) is 6.95. The summed E-state index contributed by atoms with van der Waals surface area (Å²) in [5.41, 5.74) is 1.16. The van der Waals surface area contributed by atoms with Crippen molar-refractivity contribution in [1.82, 2.24) is 14.9 Å². The molecule has 31 heavy (non-hydrogen) atoms. The van der Waals surface area contributed by atoms with E-state index in [-0.39, 0.29) is 24.6 Å². The fourth-order valence-corrected chi connectivity index (χ4v) is 4.94. The Balaban J connectivity index is 1.46. The van der Waals surface area contributed by atoms with Crippen molar-refractivity contribution < 1.29 is 22.7 Å². The lowest BCUT2D eigenvalue weighted by atomic mass is 10.1. The summed E-state index contributed by atoms with van der Waals surface area (Å²) in [6, 6.07) is 16.1. The number of rotatable bonds is 8. The lowest BCUT2D eigenvalue weighted by Crippen LogP contribution is -2.47. The van der Waals surface area contributed by atoms with E-state index in [0.29, 0.717) is 13.0 Å². The van der Waals surface area contributed by atoms with E-state index < -0.39 is 28.1 Å². The number of aryl methyl sites for hydroxylation is 1. The number of hydrogen-bond acceptors (Lipinski definition) is 5. The Morgan fingerprint density at radius 3 is 2.42 bits per heavy atom. The van der Waals surface area contributed by atoms with Gasteiger partial charge in [-0.3, -0.25) is 9.59 Å². The van der Waals surface area contributed by atoms with Gasteiger partial charge in [0.15, 0.2) is 0 Å². The van der Waals surface area contributed by atoms with E-state index in [1.165, 1.54) is 16.4 Å². The number of nitrogens with zero attached hydrogens (tertiary/aromatic N) is 1. The monoisotopic (exact) mass is 509 g/mol. The Hall–Kier alpha value is -2.27. The summed E-state index contributed by atoms with van der Waals surface area (Å²) < 4.78 is 33.2. The zero-order chi connectivity index (χ0) is 22.3. The molecule has 10 heteroatoms. The van der Waals surface area contributed by atoms with Crippen LogP contribution < -0.4 is 10.6 Å². The number of benzene rings is 2. The van der Waals surface area contributed by atoms with Crippen molar-refractivity contribution in [2.75, 3.05) is 26.2 Å². The van der Waals surface area contributed by atoms with E-state index in [1.54, 1.807) is 12.1 Å². The largest absolute Gasteiger partial charge is 0.359 e. The molecule has 0 bridgehead atoms. The van der Waals surface area contributed by atoms with Gasteiger partial charge in [-0.05, 0) is 42.7 Å². The minimum atomic E-state index is -3.78. The molecular formula is C21H24BrN3O5S. The Bertz CT molecular complexity index is 999. The minimum absolute atomic E-state index is 0.119. The molecule has 1 aliphatic rings. The van der Waals surface area contributed by atoms with Crippen LogP contribution in [-0.4, -0.2) is 57.0 Å². The number of sulfonamides is 1. The SMILES string of the molecule is O=C(NCCCc1ccccc1)C(=O)NCC1OCCN1S(=O)(=O)c1ccc(Br)cc1. The minimum Gasteiger partial charge on any atom is -0.359 e. The lowest BCUT2D eigenvalue weighted by molar-refractivity contribution is -0.139. The van der Waals surface area contributed by atoms with E-state index >= 15 is 0 Å². The van der Waals surface area contributed by atoms with E-state index in [1.807, 2.05) is 30.3 Å². The molecule has 1 aliphatic heterocycles. The van der Waals surface area contributed by atoms with E-state index in [9.17, 15) is 18.0 Å². The van der Waals surface area contributed by atoms with Crippen LogP contribution in [0.3, 0.4) is 0 Å². The predicted molar refractivity (Wildman–Crippen MR) is 119 cm³/mol. The van der Waals surface area contributed by atoms with Gasteiger partial charge in [0.25, 0.3) is 0 Å². The molecule has 1 unspecified atom stereocenters. The number of carbonyl (C=O) groups excluding carboxylic acids is 2. The van der Waals surface area contributed by atoms with Crippen molar-refractivity contribution in [3.05, 3.63) is 64.6 Å². The van der Waals surface area contributed by atoms with Crippen LogP contribution in [0, 0.1) is 0 Å². The summed E-state index contributed by atoms with van der Waals surface area (Å²) in [5, 5.41) is 5.03. The summed E-state index contributed by atoms with van der Waals surface area (Å²) in [7, 11) is -3.78. The van der Waals surface area contributed by atoms with Crippen molar-refractivity contribution in [3.8, 4) is 0 Å². The van der Waals surface area contributed by atoms with Gasteiger partial charge in [0, 0.05) is 17.6 Å². The molecule has 2 aromatic carbocycles. The van der Waals surface area contributed by atoms with Crippen LogP contribution >= 0.6 is 15.9 Å². The first-order valence-electron chi connectivity index (χ1n) is 9.87. The fourth-order valence-electron chi connectivity index (χ4n) is 3.16. The molecule has 0 spiro atoms. The first-order chi connectivity index (χ1) is 14.9. The fraction of sp³-hybridized carbons (Fsp3) is 0.333. The third kappa shape index (κ3) is 6.36. The molecule has 1 heterocycles. The zero-order valence-corrected chi connectivity index (χ0v) is 19.2. The molecule has 3 rings (SSSR count). The quantitative estimate of drug-likeness (QED) is 0.415. The van der Waals surface area contributed by atoms with Crippen LogP contribution in [0.1, 0.15) is 12.0 Å². The molecule has 8 nitrogen and oxygen atoms in total. The van der Waals surface area contributed by atoms with E-state index in [4.69, 9.17) is 4.74 Å². The normalized spacial score (nSPS) is 16.7. The van der Waals surface area contributed by atoms with Gasteiger partial charge in [-0.25, -0.2) is 8.42 Å². The molecule has 0 saturated carbocycles. The van der Waals surface area contributed by atoms with Gasteiger partial charge in [-0.1, -0.05) is 46.3 Å². The molecule has 1 saturated heterocycles. The molecule has 166 valence electrons. The number of amides is 2. The molecule has 0 aliphatic carbocycles. The highest BCUT2D eigenvalue weighted by Crippen LogP contribution is 2.23. The summed E-state index contributed by atoms with van der Waals surface area (Å²) >= 11 is 3.28. The maximum Gasteiger partial charge on any atom is 0.309 e. The van der Waals surface area contributed by atoms with Crippen molar-refractivity contribution in [2.45, 2.75) is 24.0 Å². The predicted octanol–water partition coefficient (Wildman–Crippen LogP) is 1.66. The van der Waals surface area contributed by atoms with E-state index in [0.717, 1.165) is 16.5 Å². The molecule has 0 radical (unpaired) electrons. The van der Waals surface area contributed by atoms with Crippen LogP contribution in [0.25, 0.3) is 0 Å². The van der Waals surface area contributed by atoms with Gasteiger partial charge < -0.3 is 15.4 Å². The van der Waals surface area contributed by atoms with Gasteiger partial charge >= 0.3 is 11.8 Å². The maximum atomic E-state index is 12.9. The summed E-state index contributed by atoms with van der Waals surface area (Å²) in [5.74, 6) is -1.58. The highest BCUT2D eigenvalue weighted by molar-refractivity contribution is 9.10. The first-order valence-corrected chi connectivity index (χ1v) is 12.1. The van der Waals surface area contributed by atoms with Gasteiger partial charge in [0.2, 0.25) is 10.0 Å². The first kappa shape index (κ1) is 23.4. The van der Waals surface area contributed by atoms with Crippen molar-refractivity contribution >= 4 is 37.8 Å². The number of carbonyl (C=O) groups is 2. The van der Waals surface area contributed by atoms with Crippen molar-refractivity contribution in [3.63, 3.8) is 0 Å². The Kier molecular flexibility index (Phi) is 8.19. The molecule has 2 amide bonds. The van der Waals surface area contributed by atoms with Crippen LogP contribution in [0.4, 0.5) is 0 Å². The molecule has 1 fully saturated rings. The third-order valence-corrected chi connectivity index (χ3v) is 7.21. The smallest absolute Gasteiger partial charge is 0.309 e. The number of hydrogen-bond donors (Lipinski definition) is 2. The van der Waals surface area contributed by atoms with Gasteiger partial charge in [0.1, 0.15) is 6.23 Å². The van der Waals surface area contributed by atoms with Crippen LogP contribution in [0.2, 0.25) is 0 Å². The van der Waals surface area contributed by atoms with Gasteiger partial charge in [-0.15, -0.1) is 0 Å². The molecule has 0 aromatic heterocycles. The lowest BCUT2D eigenvalue weighted by Gasteiger charge is -2.22.